The van der Waals surface area contributed by atoms with Crippen LogP contribution in [0.5, 0.6) is 5.75 Å². The van der Waals surface area contributed by atoms with Gasteiger partial charge in [-0.05, 0) is 30.8 Å². The predicted octanol–water partition coefficient (Wildman–Crippen LogP) is 3.68. The van der Waals surface area contributed by atoms with Gasteiger partial charge in [-0.3, -0.25) is 9.59 Å². The molecule has 1 aromatic rings. The summed E-state index contributed by atoms with van der Waals surface area (Å²) < 4.78 is 5.32. The van der Waals surface area contributed by atoms with Gasteiger partial charge in [-0.25, -0.2) is 0 Å². The zero-order valence-electron chi connectivity index (χ0n) is 15.5. The van der Waals surface area contributed by atoms with E-state index < -0.39 is 5.41 Å². The molecule has 0 aliphatic heterocycles. The lowest BCUT2D eigenvalue weighted by Crippen LogP contribution is -2.41. The fourth-order valence-corrected chi connectivity index (χ4v) is 2.09. The first-order valence-electron chi connectivity index (χ1n) is 8.27. The molecule has 3 N–H and O–H groups in total. The van der Waals surface area contributed by atoms with Crippen LogP contribution in [0, 0.1) is 5.41 Å². The Hall–Kier alpha value is -2.15. The van der Waals surface area contributed by atoms with Crippen molar-refractivity contribution in [1.82, 2.24) is 5.32 Å². The van der Waals surface area contributed by atoms with E-state index in [1.807, 2.05) is 27.7 Å². The summed E-state index contributed by atoms with van der Waals surface area (Å²) in [5.74, 6) is 0.297. The van der Waals surface area contributed by atoms with Gasteiger partial charge in [-0.15, -0.1) is 0 Å². The second kappa shape index (κ2) is 9.36. The molecular formula is C18H27N3O3S. The number of hydrogen-bond acceptors (Lipinski definition) is 4. The number of carbonyl (C=O) groups excluding carboxylic acids is 2. The van der Waals surface area contributed by atoms with Crippen LogP contribution < -0.4 is 20.7 Å². The molecule has 0 aliphatic carbocycles. The van der Waals surface area contributed by atoms with Crippen molar-refractivity contribution in [2.45, 2.75) is 47.0 Å². The standard InChI is InChI=1S/C18H27N3O3S/c1-6-7-8-15(22)20-13-10-9-12(11-14(13)24-5)19-17(25)21-16(23)18(2,3)4/h9-11H,6-8H2,1-5H3,(H,20,22)(H2,19,21,23,25). The van der Waals surface area contributed by atoms with Crippen LogP contribution in [-0.2, 0) is 9.59 Å². The molecule has 2 amide bonds. The lowest BCUT2D eigenvalue weighted by atomic mass is 9.96. The fraction of sp³-hybridized carbons (Fsp3) is 0.500. The molecule has 0 saturated heterocycles. The molecule has 0 aliphatic rings. The lowest BCUT2D eigenvalue weighted by Gasteiger charge is -2.19. The fourth-order valence-electron chi connectivity index (χ4n) is 1.88. The highest BCUT2D eigenvalue weighted by Gasteiger charge is 2.22. The van der Waals surface area contributed by atoms with E-state index in [4.69, 9.17) is 17.0 Å². The summed E-state index contributed by atoms with van der Waals surface area (Å²) in [7, 11) is 1.53. The van der Waals surface area contributed by atoms with E-state index in [1.165, 1.54) is 7.11 Å². The van der Waals surface area contributed by atoms with E-state index in [9.17, 15) is 9.59 Å². The highest BCUT2D eigenvalue weighted by molar-refractivity contribution is 7.80. The van der Waals surface area contributed by atoms with Crippen molar-refractivity contribution in [2.75, 3.05) is 17.7 Å². The zero-order valence-corrected chi connectivity index (χ0v) is 16.3. The summed E-state index contributed by atoms with van der Waals surface area (Å²) in [5, 5.41) is 8.63. The monoisotopic (exact) mass is 365 g/mol. The Morgan fingerprint density at radius 3 is 2.44 bits per heavy atom. The minimum Gasteiger partial charge on any atom is -0.494 e. The Morgan fingerprint density at radius 1 is 1.20 bits per heavy atom. The highest BCUT2D eigenvalue weighted by atomic mass is 32.1. The molecule has 6 nitrogen and oxygen atoms in total. The molecule has 0 aromatic heterocycles. The summed E-state index contributed by atoms with van der Waals surface area (Å²) in [6.07, 6.45) is 2.28. The molecule has 1 aromatic carbocycles. The smallest absolute Gasteiger partial charge is 0.231 e. The molecule has 0 spiro atoms. The predicted molar refractivity (Wildman–Crippen MR) is 105 cm³/mol. The molecule has 25 heavy (non-hydrogen) atoms. The second-order valence-electron chi connectivity index (χ2n) is 6.73. The van der Waals surface area contributed by atoms with Gasteiger partial charge >= 0.3 is 0 Å². The number of carbonyl (C=O) groups is 2. The van der Waals surface area contributed by atoms with Gasteiger partial charge in [0.15, 0.2) is 5.11 Å². The number of benzene rings is 1. The number of thiocarbonyl (C=S) groups is 1. The van der Waals surface area contributed by atoms with E-state index in [-0.39, 0.29) is 16.9 Å². The lowest BCUT2D eigenvalue weighted by molar-refractivity contribution is -0.126. The van der Waals surface area contributed by atoms with Crippen LogP contribution in [0.1, 0.15) is 47.0 Å². The van der Waals surface area contributed by atoms with Crippen molar-refractivity contribution in [3.05, 3.63) is 18.2 Å². The molecule has 0 fully saturated rings. The van der Waals surface area contributed by atoms with Gasteiger partial charge in [0.2, 0.25) is 11.8 Å². The minimum absolute atomic E-state index is 0.0474. The van der Waals surface area contributed by atoms with Gasteiger partial charge in [0, 0.05) is 23.6 Å². The van der Waals surface area contributed by atoms with Gasteiger partial charge in [0.05, 0.1) is 12.8 Å². The van der Waals surface area contributed by atoms with E-state index in [1.54, 1.807) is 18.2 Å². The van der Waals surface area contributed by atoms with Crippen LogP contribution in [0.3, 0.4) is 0 Å². The molecule has 0 radical (unpaired) electrons. The Kier molecular flexibility index (Phi) is 7.83. The van der Waals surface area contributed by atoms with Gasteiger partial charge in [0.1, 0.15) is 5.75 Å². The van der Waals surface area contributed by atoms with Crippen molar-refractivity contribution in [2.24, 2.45) is 5.41 Å². The molecule has 138 valence electrons. The number of nitrogens with one attached hydrogen (secondary N) is 3. The first-order chi connectivity index (χ1) is 11.7. The van der Waals surface area contributed by atoms with Crippen molar-refractivity contribution >= 4 is 40.5 Å². The molecule has 0 bridgehead atoms. The van der Waals surface area contributed by atoms with Gasteiger partial charge in [-0.2, -0.15) is 0 Å². The normalized spacial score (nSPS) is 10.8. The van der Waals surface area contributed by atoms with E-state index in [2.05, 4.69) is 16.0 Å². The summed E-state index contributed by atoms with van der Waals surface area (Å²) in [6, 6.07) is 5.21. The van der Waals surface area contributed by atoms with Crippen LogP contribution >= 0.6 is 12.2 Å². The molecule has 0 heterocycles. The molecule has 0 unspecified atom stereocenters. The van der Waals surface area contributed by atoms with Gasteiger partial charge in [0.25, 0.3) is 0 Å². The number of methoxy groups -OCH3 is 1. The van der Waals surface area contributed by atoms with Crippen LogP contribution in [0.25, 0.3) is 0 Å². The second-order valence-corrected chi connectivity index (χ2v) is 7.13. The minimum atomic E-state index is -0.532. The van der Waals surface area contributed by atoms with E-state index >= 15 is 0 Å². The Morgan fingerprint density at radius 2 is 1.88 bits per heavy atom. The van der Waals surface area contributed by atoms with Crippen LogP contribution in [0.15, 0.2) is 18.2 Å². The molecule has 0 saturated carbocycles. The first-order valence-corrected chi connectivity index (χ1v) is 8.68. The third-order valence-corrected chi connectivity index (χ3v) is 3.60. The topological polar surface area (TPSA) is 79.5 Å². The van der Waals surface area contributed by atoms with Crippen molar-refractivity contribution in [1.29, 1.82) is 0 Å². The third-order valence-electron chi connectivity index (χ3n) is 3.40. The third kappa shape index (κ3) is 7.09. The van der Waals surface area contributed by atoms with Crippen molar-refractivity contribution < 1.29 is 14.3 Å². The maximum absolute atomic E-state index is 11.9. The van der Waals surface area contributed by atoms with E-state index in [0.29, 0.717) is 23.5 Å². The summed E-state index contributed by atoms with van der Waals surface area (Å²) in [4.78, 5) is 23.8. The largest absolute Gasteiger partial charge is 0.494 e. The van der Waals surface area contributed by atoms with Gasteiger partial charge < -0.3 is 20.7 Å². The number of ether oxygens (including phenoxy) is 1. The Balaban J connectivity index is 2.75. The van der Waals surface area contributed by atoms with Crippen molar-refractivity contribution in [3.8, 4) is 5.75 Å². The van der Waals surface area contributed by atoms with Crippen LogP contribution in [-0.4, -0.2) is 24.0 Å². The van der Waals surface area contributed by atoms with Crippen LogP contribution in [0.2, 0.25) is 0 Å². The highest BCUT2D eigenvalue weighted by Crippen LogP contribution is 2.28. The number of anilines is 2. The average molecular weight is 365 g/mol. The quantitative estimate of drug-likeness (QED) is 0.670. The maximum atomic E-state index is 11.9. The molecule has 1 rings (SSSR count). The van der Waals surface area contributed by atoms with Gasteiger partial charge in [-0.1, -0.05) is 34.1 Å². The maximum Gasteiger partial charge on any atom is 0.231 e. The molecular weight excluding hydrogens is 338 g/mol. The van der Waals surface area contributed by atoms with Crippen molar-refractivity contribution in [3.63, 3.8) is 0 Å². The number of amides is 2. The zero-order chi connectivity index (χ0) is 19.0. The summed E-state index contributed by atoms with van der Waals surface area (Å²) >= 11 is 5.16. The number of unbranched alkanes of at least 4 members (excludes halogenated alkanes) is 1. The van der Waals surface area contributed by atoms with Crippen LogP contribution in [0.4, 0.5) is 11.4 Å². The SMILES string of the molecule is CCCCC(=O)Nc1ccc(NC(=S)NC(=O)C(C)(C)C)cc1OC. The Labute approximate surface area is 154 Å². The summed E-state index contributed by atoms with van der Waals surface area (Å²) in [6.45, 7) is 7.47. The number of rotatable bonds is 6. The molecule has 7 heteroatoms. The summed E-state index contributed by atoms with van der Waals surface area (Å²) in [5.41, 5.74) is 0.720. The Bertz CT molecular complexity index is 639. The number of hydrogen-bond donors (Lipinski definition) is 3. The van der Waals surface area contributed by atoms with E-state index in [0.717, 1.165) is 12.8 Å². The first kappa shape index (κ1) is 20.9. The molecule has 0 atom stereocenters. The average Bonchev–Trinajstić information content (AvgIpc) is 2.53.